The van der Waals surface area contributed by atoms with Crippen LogP contribution in [0.4, 0.5) is 0 Å². The zero-order valence-corrected chi connectivity index (χ0v) is 13.4. The highest BCUT2D eigenvalue weighted by molar-refractivity contribution is 6.30. The highest BCUT2D eigenvalue weighted by atomic mass is 35.5. The Hall–Kier alpha value is -2.11. The van der Waals surface area contributed by atoms with Gasteiger partial charge in [0.15, 0.2) is 0 Å². The topological polar surface area (TPSA) is 71.5 Å². The summed E-state index contributed by atoms with van der Waals surface area (Å²) >= 11 is 5.79. The Morgan fingerprint density at radius 2 is 2.09 bits per heavy atom. The lowest BCUT2D eigenvalue weighted by Crippen LogP contribution is -2.30. The van der Waals surface area contributed by atoms with E-state index in [2.05, 4.69) is 10.3 Å². The monoisotopic (exact) mass is 334 g/mol. The number of hydrogen-bond donors (Lipinski definition) is 2. The Labute approximate surface area is 140 Å². The number of ether oxygens (including phenoxy) is 1. The molecule has 5 nitrogen and oxygen atoms in total. The molecule has 0 aliphatic heterocycles. The van der Waals surface area contributed by atoms with E-state index in [4.69, 9.17) is 16.3 Å². The Kier molecular flexibility index (Phi) is 6.84. The Morgan fingerprint density at radius 3 is 2.74 bits per heavy atom. The first-order valence-corrected chi connectivity index (χ1v) is 7.72. The van der Waals surface area contributed by atoms with Crippen LogP contribution in [0.15, 0.2) is 48.8 Å². The lowest BCUT2D eigenvalue weighted by Gasteiger charge is -2.15. The van der Waals surface area contributed by atoms with E-state index in [0.29, 0.717) is 17.3 Å². The molecule has 0 spiro atoms. The van der Waals surface area contributed by atoms with Gasteiger partial charge in [0.05, 0.1) is 19.6 Å². The average molecular weight is 335 g/mol. The highest BCUT2D eigenvalue weighted by Crippen LogP contribution is 2.15. The summed E-state index contributed by atoms with van der Waals surface area (Å²) in [6, 6.07) is 10.7. The Morgan fingerprint density at radius 1 is 1.30 bits per heavy atom. The van der Waals surface area contributed by atoms with Gasteiger partial charge >= 0.3 is 0 Å². The number of nitrogens with zero attached hydrogens (tertiary/aromatic N) is 1. The van der Waals surface area contributed by atoms with Gasteiger partial charge in [0.2, 0.25) is 5.91 Å². The van der Waals surface area contributed by atoms with Gasteiger partial charge in [-0.25, -0.2) is 0 Å². The van der Waals surface area contributed by atoms with Crippen molar-refractivity contribution in [3.8, 4) is 5.75 Å². The van der Waals surface area contributed by atoms with Crippen molar-refractivity contribution >= 4 is 17.5 Å². The number of pyridine rings is 1. The van der Waals surface area contributed by atoms with Crippen LogP contribution < -0.4 is 10.1 Å². The van der Waals surface area contributed by atoms with E-state index in [0.717, 1.165) is 5.56 Å². The largest absolute Gasteiger partial charge is 0.493 e. The molecule has 0 aliphatic rings. The number of benzene rings is 1. The van der Waals surface area contributed by atoms with Crippen LogP contribution in [-0.4, -0.2) is 35.8 Å². The standard InChI is InChI=1S/C17H19ClN2O3/c18-15-3-5-16(6-4-15)23-9-7-17(22)20-11-14(12-21)13-2-1-8-19-10-13/h1-6,8,10,14,21H,7,9,11-12H2,(H,20,22). The van der Waals surface area contributed by atoms with E-state index >= 15 is 0 Å². The number of hydrogen-bond acceptors (Lipinski definition) is 4. The molecule has 1 heterocycles. The molecule has 1 atom stereocenters. The zero-order valence-electron chi connectivity index (χ0n) is 12.6. The normalized spacial score (nSPS) is 11.7. The summed E-state index contributed by atoms with van der Waals surface area (Å²) in [6.07, 6.45) is 3.61. The SMILES string of the molecule is O=C(CCOc1ccc(Cl)cc1)NCC(CO)c1cccnc1. The van der Waals surface area contributed by atoms with Crippen molar-refractivity contribution in [2.45, 2.75) is 12.3 Å². The molecule has 2 N–H and O–H groups in total. The van der Waals surface area contributed by atoms with Gasteiger partial charge in [-0.2, -0.15) is 0 Å². The van der Waals surface area contributed by atoms with Crippen molar-refractivity contribution in [3.63, 3.8) is 0 Å². The molecule has 1 aromatic carbocycles. The van der Waals surface area contributed by atoms with Crippen LogP contribution in [-0.2, 0) is 4.79 Å². The van der Waals surface area contributed by atoms with Crippen LogP contribution in [0.25, 0.3) is 0 Å². The number of halogens is 1. The van der Waals surface area contributed by atoms with Gasteiger partial charge in [-0.05, 0) is 35.9 Å². The van der Waals surface area contributed by atoms with E-state index in [1.165, 1.54) is 0 Å². The predicted octanol–water partition coefficient (Wildman–Crippen LogP) is 2.40. The maximum absolute atomic E-state index is 11.8. The van der Waals surface area contributed by atoms with E-state index in [-0.39, 0.29) is 31.5 Å². The van der Waals surface area contributed by atoms with E-state index in [9.17, 15) is 9.90 Å². The van der Waals surface area contributed by atoms with Crippen molar-refractivity contribution in [2.75, 3.05) is 19.8 Å². The number of aliphatic hydroxyl groups is 1. The minimum atomic E-state index is -0.162. The molecular formula is C17H19ClN2O3. The van der Waals surface area contributed by atoms with E-state index < -0.39 is 0 Å². The van der Waals surface area contributed by atoms with E-state index in [1.54, 1.807) is 42.7 Å². The fourth-order valence-electron chi connectivity index (χ4n) is 2.02. The van der Waals surface area contributed by atoms with Crippen LogP contribution >= 0.6 is 11.6 Å². The minimum absolute atomic E-state index is 0.0484. The molecule has 0 saturated carbocycles. The third-order valence-electron chi connectivity index (χ3n) is 3.33. The molecule has 0 bridgehead atoms. The summed E-state index contributed by atoms with van der Waals surface area (Å²) < 4.78 is 5.47. The van der Waals surface area contributed by atoms with Crippen molar-refractivity contribution in [1.82, 2.24) is 10.3 Å². The highest BCUT2D eigenvalue weighted by Gasteiger charge is 2.12. The molecule has 0 radical (unpaired) electrons. The second-order valence-electron chi connectivity index (χ2n) is 5.02. The first-order valence-electron chi connectivity index (χ1n) is 7.35. The van der Waals surface area contributed by atoms with Crippen LogP contribution in [0.5, 0.6) is 5.75 Å². The quantitative estimate of drug-likeness (QED) is 0.777. The molecule has 0 saturated heterocycles. The summed E-state index contributed by atoms with van der Waals surface area (Å²) in [5, 5.41) is 12.9. The lowest BCUT2D eigenvalue weighted by atomic mass is 10.0. The number of rotatable bonds is 8. The molecule has 0 aliphatic carbocycles. The van der Waals surface area contributed by atoms with Crippen LogP contribution in [0.2, 0.25) is 5.02 Å². The molecular weight excluding hydrogens is 316 g/mol. The third-order valence-corrected chi connectivity index (χ3v) is 3.59. The number of aromatic nitrogens is 1. The van der Waals surface area contributed by atoms with Crippen molar-refractivity contribution in [2.24, 2.45) is 0 Å². The molecule has 1 aromatic heterocycles. The van der Waals surface area contributed by atoms with Gasteiger partial charge in [0.25, 0.3) is 0 Å². The minimum Gasteiger partial charge on any atom is -0.493 e. The second kappa shape index (κ2) is 9.12. The summed E-state index contributed by atoms with van der Waals surface area (Å²) in [7, 11) is 0. The van der Waals surface area contributed by atoms with Crippen LogP contribution in [0, 0.1) is 0 Å². The number of amides is 1. The Balaban J connectivity index is 1.71. The van der Waals surface area contributed by atoms with Gasteiger partial charge in [-0.15, -0.1) is 0 Å². The fourth-order valence-corrected chi connectivity index (χ4v) is 2.15. The van der Waals surface area contributed by atoms with Crippen molar-refractivity contribution < 1.29 is 14.6 Å². The summed E-state index contributed by atoms with van der Waals surface area (Å²) in [6.45, 7) is 0.597. The molecule has 0 fully saturated rings. The van der Waals surface area contributed by atoms with Crippen molar-refractivity contribution in [1.29, 1.82) is 0 Å². The molecule has 1 unspecified atom stereocenters. The van der Waals surface area contributed by atoms with Gasteiger partial charge in [0, 0.05) is 29.9 Å². The first kappa shape index (κ1) is 17.2. The molecule has 122 valence electrons. The van der Waals surface area contributed by atoms with Gasteiger partial charge in [-0.1, -0.05) is 17.7 Å². The second-order valence-corrected chi connectivity index (χ2v) is 5.46. The maximum Gasteiger partial charge on any atom is 0.223 e. The smallest absolute Gasteiger partial charge is 0.223 e. The summed E-state index contributed by atoms with van der Waals surface area (Å²) in [5.41, 5.74) is 0.896. The van der Waals surface area contributed by atoms with E-state index in [1.807, 2.05) is 6.07 Å². The average Bonchev–Trinajstić information content (AvgIpc) is 2.58. The number of carbonyl (C=O) groups excluding carboxylic acids is 1. The summed E-state index contributed by atoms with van der Waals surface area (Å²) in [4.78, 5) is 15.8. The maximum atomic E-state index is 11.8. The molecule has 23 heavy (non-hydrogen) atoms. The van der Waals surface area contributed by atoms with Gasteiger partial charge in [0.1, 0.15) is 5.75 Å². The lowest BCUT2D eigenvalue weighted by molar-refractivity contribution is -0.121. The van der Waals surface area contributed by atoms with Gasteiger partial charge < -0.3 is 15.2 Å². The first-order chi connectivity index (χ1) is 11.2. The zero-order chi connectivity index (χ0) is 16.5. The third kappa shape index (κ3) is 5.88. The predicted molar refractivity (Wildman–Crippen MR) is 88.6 cm³/mol. The fraction of sp³-hybridized carbons (Fsp3) is 0.294. The van der Waals surface area contributed by atoms with Gasteiger partial charge in [-0.3, -0.25) is 9.78 Å². The van der Waals surface area contributed by atoms with Crippen LogP contribution in [0.3, 0.4) is 0 Å². The molecule has 2 rings (SSSR count). The van der Waals surface area contributed by atoms with Crippen LogP contribution in [0.1, 0.15) is 17.9 Å². The molecule has 2 aromatic rings. The molecule has 1 amide bonds. The number of carbonyl (C=O) groups is 1. The number of aliphatic hydroxyl groups excluding tert-OH is 1. The number of nitrogens with one attached hydrogen (secondary N) is 1. The molecule has 6 heteroatoms. The Bertz CT molecular complexity index is 605. The van der Waals surface area contributed by atoms with Crippen molar-refractivity contribution in [3.05, 3.63) is 59.4 Å². The summed E-state index contributed by atoms with van der Waals surface area (Å²) in [5.74, 6) is 0.386.